The first-order valence-electron chi connectivity index (χ1n) is 9.69. The number of fused-ring (bicyclic) bond motifs is 2. The molecule has 1 aliphatic heterocycles. The molecule has 2 heterocycles. The SMILES string of the molecule is Cc1ccc2c(CN3C(=O)NC4(CCc5ccccc5C4)C3=O)cc(=O)oc2c1. The van der Waals surface area contributed by atoms with E-state index in [1.165, 1.54) is 16.5 Å². The molecule has 6 nitrogen and oxygen atoms in total. The van der Waals surface area contributed by atoms with Crippen LogP contribution in [0.1, 0.15) is 28.7 Å². The van der Waals surface area contributed by atoms with Crippen LogP contribution in [0.2, 0.25) is 0 Å². The Balaban J connectivity index is 1.49. The molecule has 1 aromatic heterocycles. The predicted octanol–water partition coefficient (Wildman–Crippen LogP) is 3.08. The third-order valence-corrected chi connectivity index (χ3v) is 5.99. The highest BCUT2D eigenvalue weighted by Gasteiger charge is 2.52. The van der Waals surface area contributed by atoms with Crippen molar-refractivity contribution in [1.82, 2.24) is 10.2 Å². The maximum Gasteiger partial charge on any atom is 0.336 e. The molecule has 146 valence electrons. The summed E-state index contributed by atoms with van der Waals surface area (Å²) in [5.74, 6) is -0.231. The summed E-state index contributed by atoms with van der Waals surface area (Å²) in [6.07, 6.45) is 1.80. The van der Waals surface area contributed by atoms with E-state index >= 15 is 0 Å². The van der Waals surface area contributed by atoms with Crippen LogP contribution in [-0.2, 0) is 24.2 Å². The number of nitrogens with zero attached hydrogens (tertiary/aromatic N) is 1. The van der Waals surface area contributed by atoms with E-state index in [0.29, 0.717) is 24.0 Å². The van der Waals surface area contributed by atoms with Crippen LogP contribution in [0.5, 0.6) is 0 Å². The molecule has 6 heteroatoms. The van der Waals surface area contributed by atoms with E-state index in [-0.39, 0.29) is 12.5 Å². The van der Waals surface area contributed by atoms with Gasteiger partial charge in [-0.25, -0.2) is 9.59 Å². The molecule has 1 aliphatic carbocycles. The van der Waals surface area contributed by atoms with Gasteiger partial charge in [-0.05, 0) is 48.1 Å². The quantitative estimate of drug-likeness (QED) is 0.540. The third kappa shape index (κ3) is 2.83. The lowest BCUT2D eigenvalue weighted by atomic mass is 9.78. The second-order valence-corrected chi connectivity index (χ2v) is 7.94. The highest BCUT2D eigenvalue weighted by atomic mass is 16.4. The molecule has 1 unspecified atom stereocenters. The van der Waals surface area contributed by atoms with Gasteiger partial charge < -0.3 is 9.73 Å². The molecule has 29 heavy (non-hydrogen) atoms. The Morgan fingerprint density at radius 3 is 2.69 bits per heavy atom. The van der Waals surface area contributed by atoms with Crippen molar-refractivity contribution in [3.05, 3.63) is 81.2 Å². The van der Waals surface area contributed by atoms with Crippen LogP contribution in [0.4, 0.5) is 4.79 Å². The molecule has 1 saturated heterocycles. The highest BCUT2D eigenvalue weighted by molar-refractivity contribution is 6.07. The normalized spacial score (nSPS) is 20.9. The second kappa shape index (κ2) is 6.30. The van der Waals surface area contributed by atoms with Gasteiger partial charge in [0.2, 0.25) is 0 Å². The molecule has 0 bridgehead atoms. The summed E-state index contributed by atoms with van der Waals surface area (Å²) in [5, 5.41) is 3.67. The van der Waals surface area contributed by atoms with Gasteiger partial charge in [-0.3, -0.25) is 9.69 Å². The summed E-state index contributed by atoms with van der Waals surface area (Å²) in [7, 11) is 0. The largest absolute Gasteiger partial charge is 0.423 e. The minimum Gasteiger partial charge on any atom is -0.423 e. The molecule has 0 radical (unpaired) electrons. The number of nitrogens with one attached hydrogen (secondary N) is 1. The van der Waals surface area contributed by atoms with E-state index in [2.05, 4.69) is 11.4 Å². The number of rotatable bonds is 2. The smallest absolute Gasteiger partial charge is 0.336 e. The van der Waals surface area contributed by atoms with E-state index in [0.717, 1.165) is 22.9 Å². The molecule has 3 aromatic rings. The van der Waals surface area contributed by atoms with Crippen LogP contribution in [0.25, 0.3) is 11.0 Å². The number of imide groups is 1. The van der Waals surface area contributed by atoms with Crippen molar-refractivity contribution in [2.45, 2.75) is 38.3 Å². The van der Waals surface area contributed by atoms with Crippen LogP contribution in [0.15, 0.2) is 57.7 Å². The molecule has 2 aliphatic rings. The number of hydrogen-bond acceptors (Lipinski definition) is 4. The summed E-state index contributed by atoms with van der Waals surface area (Å²) < 4.78 is 5.29. The van der Waals surface area contributed by atoms with Crippen molar-refractivity contribution in [3.8, 4) is 0 Å². The van der Waals surface area contributed by atoms with Gasteiger partial charge >= 0.3 is 11.7 Å². The fraction of sp³-hybridized carbons (Fsp3) is 0.261. The molecular weight excluding hydrogens is 368 g/mol. The maximum absolute atomic E-state index is 13.3. The fourth-order valence-corrected chi connectivity index (χ4v) is 4.48. The lowest BCUT2D eigenvalue weighted by Crippen LogP contribution is -2.51. The summed E-state index contributed by atoms with van der Waals surface area (Å²) in [5.41, 5.74) is 2.95. The van der Waals surface area contributed by atoms with Crippen LogP contribution in [0, 0.1) is 6.92 Å². The fourth-order valence-electron chi connectivity index (χ4n) is 4.48. The minimum atomic E-state index is -0.905. The van der Waals surface area contributed by atoms with Gasteiger partial charge in [0.05, 0.1) is 6.54 Å². The van der Waals surface area contributed by atoms with E-state index in [1.807, 2.05) is 37.3 Å². The van der Waals surface area contributed by atoms with Crippen LogP contribution < -0.4 is 10.9 Å². The van der Waals surface area contributed by atoms with Crippen LogP contribution >= 0.6 is 0 Å². The summed E-state index contributed by atoms with van der Waals surface area (Å²) in [6.45, 7) is 1.95. The first-order chi connectivity index (χ1) is 13.9. The zero-order valence-corrected chi connectivity index (χ0v) is 16.0. The highest BCUT2D eigenvalue weighted by Crippen LogP contribution is 2.34. The molecular formula is C23H20N2O4. The maximum atomic E-state index is 13.3. The Hall–Kier alpha value is -3.41. The first kappa shape index (κ1) is 17.7. The average Bonchev–Trinajstić information content (AvgIpc) is 2.91. The summed E-state index contributed by atoms with van der Waals surface area (Å²) >= 11 is 0. The molecule has 2 aromatic carbocycles. The Kier molecular flexibility index (Phi) is 3.84. The summed E-state index contributed by atoms with van der Waals surface area (Å²) in [4.78, 5) is 39.3. The lowest BCUT2D eigenvalue weighted by Gasteiger charge is -2.32. The van der Waals surface area contributed by atoms with Crippen molar-refractivity contribution < 1.29 is 14.0 Å². The standard InChI is InChI=1S/C23H20N2O4/c1-14-6-7-18-17(11-20(26)29-19(18)10-14)13-25-21(27)23(24-22(25)28)9-8-15-4-2-3-5-16(15)12-23/h2-7,10-11H,8-9,12-13H2,1H3,(H,24,28). The van der Waals surface area contributed by atoms with E-state index < -0.39 is 17.2 Å². The zero-order valence-electron chi connectivity index (χ0n) is 16.0. The molecule has 1 atom stereocenters. The van der Waals surface area contributed by atoms with Gasteiger partial charge in [0, 0.05) is 17.9 Å². The van der Waals surface area contributed by atoms with Crippen molar-refractivity contribution in [3.63, 3.8) is 0 Å². The molecule has 1 N–H and O–H groups in total. The zero-order chi connectivity index (χ0) is 20.2. The molecule has 1 spiro atoms. The van der Waals surface area contributed by atoms with Gasteiger partial charge in [-0.2, -0.15) is 0 Å². The Labute approximate surface area is 167 Å². The van der Waals surface area contributed by atoms with Gasteiger partial charge in [0.25, 0.3) is 5.91 Å². The number of aryl methyl sites for hydroxylation is 2. The van der Waals surface area contributed by atoms with Crippen molar-refractivity contribution in [2.24, 2.45) is 0 Å². The van der Waals surface area contributed by atoms with Gasteiger partial charge in [0.15, 0.2) is 0 Å². The predicted molar refractivity (Wildman–Crippen MR) is 108 cm³/mol. The lowest BCUT2D eigenvalue weighted by molar-refractivity contribution is -0.132. The van der Waals surface area contributed by atoms with Crippen LogP contribution in [-0.4, -0.2) is 22.4 Å². The second-order valence-electron chi connectivity index (χ2n) is 7.94. The topological polar surface area (TPSA) is 79.6 Å². The van der Waals surface area contributed by atoms with E-state index in [9.17, 15) is 14.4 Å². The summed E-state index contributed by atoms with van der Waals surface area (Å²) in [6, 6.07) is 14.5. The van der Waals surface area contributed by atoms with Gasteiger partial charge in [0.1, 0.15) is 11.1 Å². The minimum absolute atomic E-state index is 0.0409. The number of amides is 3. The molecule has 1 fully saturated rings. The number of benzene rings is 2. The van der Waals surface area contributed by atoms with E-state index in [1.54, 1.807) is 6.07 Å². The number of carbonyl (C=O) groups is 2. The van der Waals surface area contributed by atoms with Crippen molar-refractivity contribution >= 4 is 22.9 Å². The van der Waals surface area contributed by atoms with Gasteiger partial charge in [-0.1, -0.05) is 36.4 Å². The van der Waals surface area contributed by atoms with Crippen molar-refractivity contribution in [1.29, 1.82) is 0 Å². The first-order valence-corrected chi connectivity index (χ1v) is 9.69. The average molecular weight is 388 g/mol. The number of urea groups is 1. The Bertz CT molecular complexity index is 1230. The molecule has 3 amide bonds. The molecule has 0 saturated carbocycles. The number of hydrogen-bond donors (Lipinski definition) is 1. The Morgan fingerprint density at radius 1 is 1.07 bits per heavy atom. The molecule has 5 rings (SSSR count). The third-order valence-electron chi connectivity index (χ3n) is 5.99. The van der Waals surface area contributed by atoms with E-state index in [4.69, 9.17) is 4.42 Å². The van der Waals surface area contributed by atoms with Gasteiger partial charge in [-0.15, -0.1) is 0 Å². The van der Waals surface area contributed by atoms with Crippen LogP contribution in [0.3, 0.4) is 0 Å². The van der Waals surface area contributed by atoms with Crippen molar-refractivity contribution in [2.75, 3.05) is 0 Å². The Morgan fingerprint density at radius 2 is 1.86 bits per heavy atom. The number of carbonyl (C=O) groups excluding carboxylic acids is 2. The monoisotopic (exact) mass is 388 g/mol.